The molecule has 0 aliphatic heterocycles. The summed E-state index contributed by atoms with van der Waals surface area (Å²) in [5.41, 5.74) is 13.2. The maximum Gasteiger partial charge on any atom is 4.00 e. The van der Waals surface area contributed by atoms with Crippen LogP contribution in [-0.2, 0) is 52.3 Å². The van der Waals surface area contributed by atoms with Crippen LogP contribution in [0.25, 0.3) is 0 Å². The van der Waals surface area contributed by atoms with Crippen LogP contribution in [0.1, 0.15) is 36.8 Å². The summed E-state index contributed by atoms with van der Waals surface area (Å²) in [5.74, 6) is 0. The second-order valence-electron chi connectivity index (χ2n) is 7.15. The van der Waals surface area contributed by atoms with E-state index in [1.54, 1.807) is 24.3 Å². The van der Waals surface area contributed by atoms with Gasteiger partial charge in [0.2, 0.25) is 0 Å². The Morgan fingerprint density at radius 3 is 1.09 bits per heavy atom. The zero-order chi connectivity index (χ0) is 22.9. The molecule has 0 radical (unpaired) electrons. The SMILES string of the molecule is Cc1ccc(S(=O)(=O)[O-])cc1.Cc1ccc(S(=O)(=O)[O-])cc1.N[C@@H]1CCCC[C@H]1N.[OH3+].[OH3+].[Pt+4]. The third-order valence-electron chi connectivity index (χ3n) is 4.49. The molecule has 3 rings (SSSR count). The largest absolute Gasteiger partial charge is 4.00 e. The number of nitrogens with two attached hydrogens (primary N) is 2. The van der Waals surface area contributed by atoms with E-state index in [4.69, 9.17) is 11.5 Å². The fourth-order valence-electron chi connectivity index (χ4n) is 2.60. The van der Waals surface area contributed by atoms with Crippen LogP contribution in [0.5, 0.6) is 0 Å². The van der Waals surface area contributed by atoms with Gasteiger partial charge in [-0.15, -0.1) is 0 Å². The molecule has 0 aromatic heterocycles. The Bertz CT molecular complexity index is 916. The van der Waals surface area contributed by atoms with Gasteiger partial charge in [-0.25, -0.2) is 16.8 Å². The molecule has 1 aliphatic rings. The number of hydrogen-bond acceptors (Lipinski definition) is 8. The molecule has 2 aromatic carbocycles. The average Bonchev–Trinajstić information content (AvgIpc) is 2.64. The van der Waals surface area contributed by atoms with Crippen molar-refractivity contribution in [2.24, 2.45) is 11.5 Å². The van der Waals surface area contributed by atoms with Gasteiger partial charge in [0.15, 0.2) is 0 Å². The van der Waals surface area contributed by atoms with E-state index in [0.29, 0.717) is 0 Å². The molecule has 0 heterocycles. The Kier molecular flexibility index (Phi) is 18.1. The molecule has 1 fully saturated rings. The van der Waals surface area contributed by atoms with Gasteiger partial charge in [-0.05, 0) is 51.0 Å². The molecular formula is C20H34N2O8PtS2+4. The molecule has 33 heavy (non-hydrogen) atoms. The van der Waals surface area contributed by atoms with Gasteiger partial charge < -0.3 is 31.5 Å². The molecule has 0 spiro atoms. The van der Waals surface area contributed by atoms with Crippen LogP contribution in [0.15, 0.2) is 58.3 Å². The van der Waals surface area contributed by atoms with Gasteiger partial charge in [0, 0.05) is 12.1 Å². The normalized spacial score (nSPS) is 17.3. The number of hydrogen-bond donors (Lipinski definition) is 2. The van der Waals surface area contributed by atoms with E-state index in [0.717, 1.165) is 24.0 Å². The zero-order valence-corrected chi connectivity index (χ0v) is 22.4. The van der Waals surface area contributed by atoms with Gasteiger partial charge in [-0.1, -0.05) is 48.2 Å². The van der Waals surface area contributed by atoms with Crippen molar-refractivity contribution in [3.8, 4) is 0 Å². The van der Waals surface area contributed by atoms with E-state index in [9.17, 15) is 25.9 Å². The van der Waals surface area contributed by atoms with E-state index in [-0.39, 0.29) is 53.9 Å². The maximum atomic E-state index is 10.4. The summed E-state index contributed by atoms with van der Waals surface area (Å²) in [4.78, 5) is -0.355. The van der Waals surface area contributed by atoms with Crippen LogP contribution in [0.2, 0.25) is 0 Å². The van der Waals surface area contributed by atoms with Gasteiger partial charge in [0.05, 0.1) is 9.79 Å². The summed E-state index contributed by atoms with van der Waals surface area (Å²) in [6, 6.07) is 12.1. The first-order valence-corrected chi connectivity index (χ1v) is 12.2. The third kappa shape index (κ3) is 14.6. The van der Waals surface area contributed by atoms with Gasteiger partial charge in [0.1, 0.15) is 20.2 Å². The first-order valence-electron chi connectivity index (χ1n) is 9.37. The number of rotatable bonds is 2. The monoisotopic (exact) mass is 689 g/mol. The van der Waals surface area contributed by atoms with Crippen LogP contribution in [0.4, 0.5) is 0 Å². The van der Waals surface area contributed by atoms with Gasteiger partial charge in [-0.2, -0.15) is 0 Å². The van der Waals surface area contributed by atoms with Crippen LogP contribution in [-0.4, -0.2) is 38.0 Å². The zero-order valence-electron chi connectivity index (χ0n) is 18.5. The number of benzene rings is 2. The van der Waals surface area contributed by atoms with E-state index in [1.165, 1.54) is 37.1 Å². The summed E-state index contributed by atoms with van der Waals surface area (Å²) in [7, 11) is -8.54. The molecule has 1 saturated carbocycles. The molecule has 190 valence electrons. The predicted octanol–water partition coefficient (Wildman–Crippen LogP) is 0.167. The van der Waals surface area contributed by atoms with E-state index in [1.807, 2.05) is 13.8 Å². The molecule has 0 saturated heterocycles. The molecule has 0 unspecified atom stereocenters. The summed E-state index contributed by atoms with van der Waals surface area (Å²) >= 11 is 0. The van der Waals surface area contributed by atoms with Crippen LogP contribution < -0.4 is 11.5 Å². The molecular weight excluding hydrogens is 655 g/mol. The second-order valence-corrected chi connectivity index (χ2v) is 9.91. The molecule has 1 aliphatic carbocycles. The molecule has 10 N–H and O–H groups in total. The van der Waals surface area contributed by atoms with Gasteiger partial charge >= 0.3 is 21.1 Å². The fraction of sp³-hybridized carbons (Fsp3) is 0.400. The molecule has 10 nitrogen and oxygen atoms in total. The predicted molar refractivity (Wildman–Crippen MR) is 122 cm³/mol. The number of aryl methyl sites for hydroxylation is 2. The van der Waals surface area contributed by atoms with E-state index >= 15 is 0 Å². The first kappa shape index (κ1) is 36.4. The Labute approximate surface area is 210 Å². The fourth-order valence-corrected chi connectivity index (χ4v) is 3.54. The summed E-state index contributed by atoms with van der Waals surface area (Å²) in [6.45, 7) is 3.64. The van der Waals surface area contributed by atoms with Crippen molar-refractivity contribution in [1.82, 2.24) is 0 Å². The third-order valence-corrected chi connectivity index (χ3v) is 6.19. The molecule has 2 atom stereocenters. The van der Waals surface area contributed by atoms with Crippen LogP contribution in [0.3, 0.4) is 0 Å². The molecule has 13 heteroatoms. The summed E-state index contributed by atoms with van der Waals surface area (Å²) in [6.07, 6.45) is 4.80. The average molecular weight is 690 g/mol. The minimum Gasteiger partial charge on any atom is -0.744 e. The topological polar surface area (TPSA) is 232 Å². The minimum absolute atomic E-state index is 0. The van der Waals surface area contributed by atoms with Crippen molar-refractivity contribution in [2.45, 2.75) is 61.4 Å². The second kappa shape index (κ2) is 16.4. The standard InChI is InChI=1S/2C7H8O3S.C6H14N2.2H2O.Pt/c2*1-6-2-4-7(5-3-6)11(8,9)10;7-5-3-1-2-4-6(5)8;;;/h2*2-5H,1H3,(H,8,9,10);5-6H,1-4,7-8H2;2*1H2;/q;;;;;+4/t;;5-,6-;;;/m..1.../s1. The Balaban J connectivity index is -0.000000396. The van der Waals surface area contributed by atoms with Crippen LogP contribution in [0, 0.1) is 13.8 Å². The van der Waals surface area contributed by atoms with Crippen molar-refractivity contribution in [3.63, 3.8) is 0 Å². The Morgan fingerprint density at radius 1 is 0.667 bits per heavy atom. The van der Waals surface area contributed by atoms with E-state index < -0.39 is 20.2 Å². The van der Waals surface area contributed by atoms with Crippen LogP contribution >= 0.6 is 0 Å². The molecule has 2 aromatic rings. The van der Waals surface area contributed by atoms with Gasteiger partial charge in [-0.3, -0.25) is 0 Å². The summed E-state index contributed by atoms with van der Waals surface area (Å²) in [5, 5.41) is 0. The smallest absolute Gasteiger partial charge is 0.744 e. The first-order chi connectivity index (χ1) is 13.8. The minimum atomic E-state index is -4.27. The summed E-state index contributed by atoms with van der Waals surface area (Å²) < 4.78 is 62.3. The van der Waals surface area contributed by atoms with Gasteiger partial charge in [0.25, 0.3) is 0 Å². The van der Waals surface area contributed by atoms with E-state index in [2.05, 4.69) is 0 Å². The van der Waals surface area contributed by atoms with Crippen molar-refractivity contribution >= 4 is 20.2 Å². The van der Waals surface area contributed by atoms with Crippen molar-refractivity contribution in [2.75, 3.05) is 0 Å². The molecule has 0 bridgehead atoms. The Hall–Kier alpha value is -1.21. The quantitative estimate of drug-likeness (QED) is 0.325. The van der Waals surface area contributed by atoms with Crippen molar-refractivity contribution in [1.29, 1.82) is 0 Å². The maximum absolute atomic E-state index is 10.4. The Morgan fingerprint density at radius 2 is 0.909 bits per heavy atom. The van der Waals surface area contributed by atoms with Crippen molar-refractivity contribution < 1.29 is 58.0 Å². The molecule has 0 amide bonds. The van der Waals surface area contributed by atoms with Crippen molar-refractivity contribution in [3.05, 3.63) is 59.7 Å².